The van der Waals surface area contributed by atoms with Gasteiger partial charge in [0.25, 0.3) is 0 Å². The van der Waals surface area contributed by atoms with Gasteiger partial charge in [0.15, 0.2) is 0 Å². The van der Waals surface area contributed by atoms with Crippen molar-refractivity contribution >= 4 is 95.7 Å². The summed E-state index contributed by atoms with van der Waals surface area (Å²) >= 11 is 3.79. The molecule has 0 aliphatic carbocycles. The van der Waals surface area contributed by atoms with E-state index < -0.39 is 0 Å². The SMILES string of the molecule is c1ccc(-c2nc(-n3c4ccccc4c4c5ccccc5c5c(sc6sc7ccccc7c65)c43)nc3ccccc23)cc1. The Bertz CT molecular complexity index is 2730. The molecule has 0 aliphatic heterocycles. The van der Waals surface area contributed by atoms with Crippen LogP contribution in [0.3, 0.4) is 0 Å². The summed E-state index contributed by atoms with van der Waals surface area (Å²) in [5.74, 6) is 0.696. The van der Waals surface area contributed by atoms with Gasteiger partial charge in [-0.1, -0.05) is 109 Å². The van der Waals surface area contributed by atoms with Gasteiger partial charge in [0.2, 0.25) is 5.95 Å². The predicted octanol–water partition coefficient (Wildman–Crippen LogP) is 11.1. The molecule has 0 spiro atoms. The molecule has 6 aromatic carbocycles. The fraction of sp³-hybridized carbons (Fsp3) is 0. The van der Waals surface area contributed by atoms with Crippen molar-refractivity contribution in [3.8, 4) is 17.2 Å². The van der Waals surface area contributed by atoms with Crippen molar-refractivity contribution in [3.05, 3.63) is 127 Å². The van der Waals surface area contributed by atoms with Crippen LogP contribution in [0.4, 0.5) is 0 Å². The molecule has 0 saturated heterocycles. The first-order chi connectivity index (χ1) is 21.3. The Labute approximate surface area is 253 Å². The maximum absolute atomic E-state index is 5.35. The number of rotatable bonds is 2. The minimum atomic E-state index is 0.696. The van der Waals surface area contributed by atoms with Crippen LogP contribution in [0.2, 0.25) is 0 Å². The highest BCUT2D eigenvalue weighted by Gasteiger charge is 2.24. The minimum Gasteiger partial charge on any atom is -0.276 e. The Morgan fingerprint density at radius 2 is 1.14 bits per heavy atom. The van der Waals surface area contributed by atoms with E-state index in [0.717, 1.165) is 27.7 Å². The lowest BCUT2D eigenvalue weighted by molar-refractivity contribution is 1.02. The molecule has 0 radical (unpaired) electrons. The van der Waals surface area contributed by atoms with Gasteiger partial charge in [0.1, 0.15) is 0 Å². The molecule has 10 aromatic rings. The van der Waals surface area contributed by atoms with E-state index in [-0.39, 0.29) is 0 Å². The lowest BCUT2D eigenvalue weighted by Crippen LogP contribution is -2.03. The molecule has 0 bridgehead atoms. The molecule has 43 heavy (non-hydrogen) atoms. The number of hydrogen-bond donors (Lipinski definition) is 0. The van der Waals surface area contributed by atoms with Gasteiger partial charge in [-0.05, 0) is 29.0 Å². The topological polar surface area (TPSA) is 30.7 Å². The van der Waals surface area contributed by atoms with Crippen molar-refractivity contribution in [2.75, 3.05) is 0 Å². The van der Waals surface area contributed by atoms with Crippen LogP contribution in [0, 0.1) is 0 Å². The summed E-state index contributed by atoms with van der Waals surface area (Å²) in [6, 6.07) is 45.2. The molecule has 0 fully saturated rings. The highest BCUT2D eigenvalue weighted by molar-refractivity contribution is 7.45. The second kappa shape index (κ2) is 8.71. The van der Waals surface area contributed by atoms with E-state index >= 15 is 0 Å². The first-order valence-electron chi connectivity index (χ1n) is 14.4. The molecule has 0 unspecified atom stereocenters. The third kappa shape index (κ3) is 3.18. The van der Waals surface area contributed by atoms with E-state index in [1.165, 1.54) is 56.6 Å². The Kier molecular flexibility index (Phi) is 4.75. The third-order valence-corrected chi connectivity index (χ3v) is 11.1. The predicted molar refractivity (Wildman–Crippen MR) is 185 cm³/mol. The van der Waals surface area contributed by atoms with Crippen molar-refractivity contribution in [3.63, 3.8) is 0 Å². The first kappa shape index (κ1) is 23.5. The van der Waals surface area contributed by atoms with Crippen LogP contribution in [-0.2, 0) is 0 Å². The average Bonchev–Trinajstić information content (AvgIpc) is 3.73. The van der Waals surface area contributed by atoms with E-state index in [2.05, 4.69) is 132 Å². The molecule has 0 N–H and O–H groups in total. The number of nitrogens with zero attached hydrogens (tertiary/aromatic N) is 3. The monoisotopic (exact) mass is 583 g/mol. The Hall–Kier alpha value is -5.10. The Balaban J connectivity index is 1.46. The molecule has 4 aromatic heterocycles. The van der Waals surface area contributed by atoms with Crippen LogP contribution in [0.25, 0.3) is 90.3 Å². The number of thiophene rings is 2. The van der Waals surface area contributed by atoms with Crippen molar-refractivity contribution in [2.45, 2.75) is 0 Å². The average molecular weight is 584 g/mol. The lowest BCUT2D eigenvalue weighted by atomic mass is 9.99. The highest BCUT2D eigenvalue weighted by atomic mass is 32.2. The summed E-state index contributed by atoms with van der Waals surface area (Å²) < 4.78 is 6.30. The van der Waals surface area contributed by atoms with Crippen molar-refractivity contribution in [1.82, 2.24) is 14.5 Å². The number of fused-ring (bicyclic) bond motifs is 13. The first-order valence-corrected chi connectivity index (χ1v) is 16.0. The largest absolute Gasteiger partial charge is 0.276 e. The second-order valence-electron chi connectivity index (χ2n) is 10.9. The Morgan fingerprint density at radius 3 is 1.98 bits per heavy atom. The van der Waals surface area contributed by atoms with Crippen molar-refractivity contribution < 1.29 is 0 Å². The van der Waals surface area contributed by atoms with E-state index in [0.29, 0.717) is 5.95 Å². The molecule has 0 aliphatic rings. The fourth-order valence-corrected chi connectivity index (χ4v) is 9.58. The van der Waals surface area contributed by atoms with E-state index in [4.69, 9.17) is 9.97 Å². The molecule has 0 atom stereocenters. The maximum Gasteiger partial charge on any atom is 0.235 e. The van der Waals surface area contributed by atoms with Gasteiger partial charge in [-0.15, -0.1) is 22.7 Å². The second-order valence-corrected chi connectivity index (χ2v) is 13.3. The van der Waals surface area contributed by atoms with Crippen LogP contribution in [0.15, 0.2) is 127 Å². The van der Waals surface area contributed by atoms with Crippen LogP contribution in [0.1, 0.15) is 0 Å². The van der Waals surface area contributed by atoms with Crippen LogP contribution < -0.4 is 0 Å². The van der Waals surface area contributed by atoms with Gasteiger partial charge >= 0.3 is 0 Å². The van der Waals surface area contributed by atoms with Crippen molar-refractivity contribution in [2.24, 2.45) is 0 Å². The van der Waals surface area contributed by atoms with Crippen molar-refractivity contribution in [1.29, 1.82) is 0 Å². The maximum atomic E-state index is 5.35. The van der Waals surface area contributed by atoms with Crippen LogP contribution in [0.5, 0.6) is 0 Å². The summed E-state index contributed by atoms with van der Waals surface area (Å²) in [6.07, 6.45) is 0. The zero-order valence-electron chi connectivity index (χ0n) is 22.8. The van der Waals surface area contributed by atoms with Crippen LogP contribution >= 0.6 is 22.7 Å². The molecule has 10 rings (SSSR count). The molecule has 0 amide bonds. The molecule has 4 heterocycles. The third-order valence-electron chi connectivity index (χ3n) is 8.63. The summed E-state index contributed by atoms with van der Waals surface area (Å²) in [6.45, 7) is 0. The zero-order valence-corrected chi connectivity index (χ0v) is 24.4. The molecular formula is C38H21N3S2. The van der Waals surface area contributed by atoms with Gasteiger partial charge in [-0.2, -0.15) is 0 Å². The van der Waals surface area contributed by atoms with Gasteiger partial charge in [0.05, 0.1) is 31.0 Å². The molecule has 200 valence electrons. The van der Waals surface area contributed by atoms with Gasteiger partial charge < -0.3 is 0 Å². The smallest absolute Gasteiger partial charge is 0.235 e. The minimum absolute atomic E-state index is 0.696. The summed E-state index contributed by atoms with van der Waals surface area (Å²) in [7, 11) is 0. The quantitative estimate of drug-likeness (QED) is 0.203. The number of para-hydroxylation sites is 2. The van der Waals surface area contributed by atoms with Gasteiger partial charge in [0, 0.05) is 42.6 Å². The number of benzene rings is 6. The Morgan fingerprint density at radius 1 is 0.488 bits per heavy atom. The molecular weight excluding hydrogens is 563 g/mol. The van der Waals surface area contributed by atoms with Gasteiger partial charge in [-0.3, -0.25) is 4.57 Å². The van der Waals surface area contributed by atoms with Gasteiger partial charge in [-0.25, -0.2) is 9.97 Å². The molecule has 3 nitrogen and oxygen atoms in total. The number of hydrogen-bond acceptors (Lipinski definition) is 4. The summed E-state index contributed by atoms with van der Waals surface area (Å²) in [5, 5.41) is 10.1. The van der Waals surface area contributed by atoms with E-state index in [9.17, 15) is 0 Å². The number of aromatic nitrogens is 3. The normalized spacial score (nSPS) is 12.2. The van der Waals surface area contributed by atoms with E-state index in [1.54, 1.807) is 0 Å². The fourth-order valence-electron chi connectivity index (χ4n) is 6.85. The highest BCUT2D eigenvalue weighted by Crippen LogP contribution is 2.51. The lowest BCUT2D eigenvalue weighted by Gasteiger charge is -2.12. The molecule has 0 saturated carbocycles. The molecule has 5 heteroatoms. The zero-order chi connectivity index (χ0) is 28.1. The standard InChI is InChI=1S/C38H21N3S2/c1-2-12-22(13-3-1)34-25-16-6-9-19-28(25)39-38(40-34)41-29-20-10-7-17-26(29)31-23-14-4-5-15-24(23)32-33-27-18-8-11-21-30(27)42-37(33)43-36(32)35(31)41/h1-21H. The van der Waals surface area contributed by atoms with E-state index in [1.807, 2.05) is 22.7 Å². The van der Waals surface area contributed by atoms with Crippen LogP contribution in [-0.4, -0.2) is 14.5 Å². The summed E-state index contributed by atoms with van der Waals surface area (Å²) in [5.41, 5.74) is 5.27. The summed E-state index contributed by atoms with van der Waals surface area (Å²) in [4.78, 5) is 10.6.